The van der Waals surface area contributed by atoms with Crippen molar-refractivity contribution in [2.75, 3.05) is 23.0 Å². The van der Waals surface area contributed by atoms with Gasteiger partial charge in [0.2, 0.25) is 0 Å². The molecular formula is C12H18INS. The number of hydrogen-bond donors (Lipinski definition) is 1. The predicted molar refractivity (Wildman–Crippen MR) is 78.1 cm³/mol. The van der Waals surface area contributed by atoms with Crippen LogP contribution in [-0.2, 0) is 0 Å². The van der Waals surface area contributed by atoms with Gasteiger partial charge in [-0.3, -0.25) is 0 Å². The van der Waals surface area contributed by atoms with Crippen LogP contribution < -0.4 is 5.32 Å². The molecule has 0 radical (unpaired) electrons. The number of alkyl halides is 2. The molecular weight excluding hydrogens is 317 g/mol. The molecule has 1 aromatic rings. The predicted octanol–water partition coefficient (Wildman–Crippen LogP) is 3.08. The molecule has 1 nitrogen and oxygen atoms in total. The van der Waals surface area contributed by atoms with Crippen LogP contribution in [0, 0.1) is 3.57 Å². The van der Waals surface area contributed by atoms with Crippen molar-refractivity contribution in [3.8, 4) is 0 Å². The maximum atomic E-state index is 3.41. The first-order valence-electron chi connectivity index (χ1n) is 5.23. The van der Waals surface area contributed by atoms with Gasteiger partial charge in [0.1, 0.15) is 0 Å². The molecule has 1 aliphatic rings. The molecule has 1 atom stereocenters. The standard InChI is InChI=1S/C12H18INS/c1-13(2)10-3-5-11(6-4-10)15-12-7-8-14-9-12/h3-6,12,14H,7-9H2,1-2H3. The molecule has 1 fully saturated rings. The van der Waals surface area contributed by atoms with Crippen molar-refractivity contribution in [1.29, 1.82) is 0 Å². The van der Waals surface area contributed by atoms with E-state index in [1.165, 1.54) is 24.4 Å². The Labute approximate surface area is 104 Å². The average Bonchev–Trinajstić information content (AvgIpc) is 2.71. The zero-order valence-electron chi connectivity index (χ0n) is 9.29. The summed E-state index contributed by atoms with van der Waals surface area (Å²) < 4.78 is 1.59. The van der Waals surface area contributed by atoms with Crippen LogP contribution in [0.15, 0.2) is 29.2 Å². The third-order valence-corrected chi connectivity index (χ3v) is 7.06. The number of hydrogen-bond acceptors (Lipinski definition) is 2. The molecule has 0 aliphatic carbocycles. The maximum absolute atomic E-state index is 3.41. The molecule has 1 unspecified atom stereocenters. The van der Waals surface area contributed by atoms with Gasteiger partial charge in [0.25, 0.3) is 0 Å². The molecule has 1 saturated heterocycles. The van der Waals surface area contributed by atoms with Crippen LogP contribution in [-0.4, -0.2) is 28.2 Å². The van der Waals surface area contributed by atoms with Crippen LogP contribution in [0.5, 0.6) is 0 Å². The van der Waals surface area contributed by atoms with Crippen LogP contribution in [0.4, 0.5) is 0 Å². The Balaban J connectivity index is 1.97. The van der Waals surface area contributed by atoms with E-state index in [2.05, 4.69) is 39.4 Å². The summed E-state index contributed by atoms with van der Waals surface area (Å²) in [5, 5.41) is 4.19. The van der Waals surface area contributed by atoms with Crippen molar-refractivity contribution in [3.05, 3.63) is 27.8 Å². The first-order valence-corrected chi connectivity index (χ1v) is 11.5. The van der Waals surface area contributed by atoms with Crippen LogP contribution in [0.1, 0.15) is 6.42 Å². The monoisotopic (exact) mass is 335 g/mol. The minimum absolute atomic E-state index is 0.768. The van der Waals surface area contributed by atoms with Crippen molar-refractivity contribution in [2.24, 2.45) is 0 Å². The minimum atomic E-state index is -0.768. The van der Waals surface area contributed by atoms with Gasteiger partial charge in [-0.15, -0.1) is 0 Å². The molecule has 3 heteroatoms. The van der Waals surface area contributed by atoms with Crippen LogP contribution in [0.25, 0.3) is 0 Å². The number of nitrogens with one attached hydrogen (secondary N) is 1. The second-order valence-electron chi connectivity index (χ2n) is 3.94. The Bertz CT molecular complexity index is 304. The topological polar surface area (TPSA) is 12.0 Å². The molecule has 1 heterocycles. The van der Waals surface area contributed by atoms with Gasteiger partial charge in [-0.05, 0) is 0 Å². The van der Waals surface area contributed by atoms with Crippen molar-refractivity contribution in [3.63, 3.8) is 0 Å². The fraction of sp³-hybridized carbons (Fsp3) is 0.500. The summed E-state index contributed by atoms with van der Waals surface area (Å²) in [6.07, 6.45) is 1.31. The normalized spacial score (nSPS) is 21.7. The van der Waals surface area contributed by atoms with Gasteiger partial charge < -0.3 is 0 Å². The van der Waals surface area contributed by atoms with Gasteiger partial charge in [-0.2, -0.15) is 0 Å². The molecule has 84 valence electrons. The quantitative estimate of drug-likeness (QED) is 0.673. The van der Waals surface area contributed by atoms with E-state index in [4.69, 9.17) is 0 Å². The molecule has 0 aromatic heterocycles. The Morgan fingerprint density at radius 2 is 2.00 bits per heavy atom. The van der Waals surface area contributed by atoms with E-state index >= 15 is 0 Å². The molecule has 1 N–H and O–H groups in total. The Morgan fingerprint density at radius 1 is 1.27 bits per heavy atom. The molecule has 1 aromatic carbocycles. The molecule has 0 spiro atoms. The molecule has 0 amide bonds. The van der Waals surface area contributed by atoms with E-state index in [1.807, 2.05) is 11.8 Å². The van der Waals surface area contributed by atoms with Crippen LogP contribution in [0.2, 0.25) is 0 Å². The summed E-state index contributed by atoms with van der Waals surface area (Å²) in [6, 6.07) is 9.26. The second kappa shape index (κ2) is 5.55. The Morgan fingerprint density at radius 3 is 2.53 bits per heavy atom. The number of halogens is 1. The fourth-order valence-electron chi connectivity index (χ4n) is 1.69. The second-order valence-corrected chi connectivity index (χ2v) is 10.9. The molecule has 0 saturated carbocycles. The first-order chi connectivity index (χ1) is 7.25. The van der Waals surface area contributed by atoms with Gasteiger partial charge in [0.15, 0.2) is 0 Å². The van der Waals surface area contributed by atoms with E-state index in [0.717, 1.165) is 5.25 Å². The zero-order chi connectivity index (χ0) is 10.7. The van der Waals surface area contributed by atoms with E-state index in [-0.39, 0.29) is 0 Å². The summed E-state index contributed by atoms with van der Waals surface area (Å²) in [6.45, 7) is 2.36. The molecule has 1 aliphatic heterocycles. The SMILES string of the molecule is CI(C)c1ccc(SC2CCNC2)cc1. The summed E-state index contributed by atoms with van der Waals surface area (Å²) in [5.41, 5.74) is 0. The van der Waals surface area contributed by atoms with Gasteiger partial charge >= 0.3 is 104 Å². The summed E-state index contributed by atoms with van der Waals surface area (Å²) in [7, 11) is 0. The third kappa shape index (κ3) is 3.36. The van der Waals surface area contributed by atoms with Gasteiger partial charge in [0, 0.05) is 0 Å². The van der Waals surface area contributed by atoms with Crippen molar-refractivity contribution >= 4 is 31.6 Å². The van der Waals surface area contributed by atoms with E-state index < -0.39 is 19.8 Å². The number of benzene rings is 1. The average molecular weight is 335 g/mol. The zero-order valence-corrected chi connectivity index (χ0v) is 12.3. The van der Waals surface area contributed by atoms with E-state index in [1.54, 1.807) is 3.57 Å². The van der Waals surface area contributed by atoms with Gasteiger partial charge in [0.05, 0.1) is 0 Å². The number of thioether (sulfide) groups is 1. The summed E-state index contributed by atoms with van der Waals surface area (Å²) in [5.74, 6) is 0. The summed E-state index contributed by atoms with van der Waals surface area (Å²) in [4.78, 5) is 6.23. The fourth-order valence-corrected chi connectivity index (χ4v) is 4.60. The number of rotatable bonds is 3. The Kier molecular flexibility index (Phi) is 4.34. The van der Waals surface area contributed by atoms with Crippen molar-refractivity contribution in [2.45, 2.75) is 16.6 Å². The molecule has 15 heavy (non-hydrogen) atoms. The van der Waals surface area contributed by atoms with Crippen molar-refractivity contribution in [1.82, 2.24) is 5.32 Å². The van der Waals surface area contributed by atoms with Crippen LogP contribution >= 0.6 is 31.6 Å². The first kappa shape index (κ1) is 11.7. The Hall–Kier alpha value is 0.260. The van der Waals surface area contributed by atoms with Crippen LogP contribution in [0.3, 0.4) is 0 Å². The van der Waals surface area contributed by atoms with E-state index in [0.29, 0.717) is 0 Å². The van der Waals surface area contributed by atoms with E-state index in [9.17, 15) is 0 Å². The van der Waals surface area contributed by atoms with Crippen molar-refractivity contribution < 1.29 is 0 Å². The van der Waals surface area contributed by atoms with Gasteiger partial charge in [-0.1, -0.05) is 0 Å². The molecule has 2 rings (SSSR count). The molecule has 0 bridgehead atoms. The van der Waals surface area contributed by atoms with Gasteiger partial charge in [-0.25, -0.2) is 0 Å². The third-order valence-electron chi connectivity index (χ3n) is 2.57. The summed E-state index contributed by atoms with van der Waals surface area (Å²) >= 11 is 1.26.